The fraction of sp³-hybridized carbons (Fsp3) is 0.333. The van der Waals surface area contributed by atoms with Gasteiger partial charge in [-0.2, -0.15) is 8.78 Å². The molecule has 0 aliphatic carbocycles. The lowest BCUT2D eigenvalue weighted by molar-refractivity contribution is -0.144. The molecule has 0 radical (unpaired) electrons. The number of benzene rings is 2. The number of carbonyl (C=O) groups excluding carboxylic acids is 4. The van der Waals surface area contributed by atoms with E-state index in [9.17, 15) is 28.0 Å². The summed E-state index contributed by atoms with van der Waals surface area (Å²) in [6, 6.07) is 8.56. The molecule has 172 valence electrons. The number of carbonyl (C=O) groups is 4. The van der Waals surface area contributed by atoms with E-state index < -0.39 is 41.9 Å². The Labute approximate surface area is 190 Å². The fourth-order valence-electron chi connectivity index (χ4n) is 4.15. The Balaban J connectivity index is 1.47. The number of hydrogen-bond donors (Lipinski definition) is 2. The topological polar surface area (TPSA) is 95.6 Å². The van der Waals surface area contributed by atoms with E-state index in [0.717, 1.165) is 4.90 Å². The maximum absolute atomic E-state index is 14.8. The van der Waals surface area contributed by atoms with Crippen molar-refractivity contribution in [1.82, 2.24) is 10.2 Å². The van der Waals surface area contributed by atoms with Crippen LogP contribution in [-0.2, 0) is 33.3 Å². The number of para-hydroxylation sites is 1. The summed E-state index contributed by atoms with van der Waals surface area (Å²) in [4.78, 5) is 50.1. The Morgan fingerprint density at radius 1 is 1.24 bits per heavy atom. The number of Topliss-reactive ketones (excluding diaryl/α,β-unsaturated/α-hetero) is 1. The number of hydrogen-bond acceptors (Lipinski definition) is 5. The third-order valence-electron chi connectivity index (χ3n) is 5.93. The average molecular weight is 456 g/mol. The van der Waals surface area contributed by atoms with Gasteiger partial charge in [-0.1, -0.05) is 30.3 Å². The first kappa shape index (κ1) is 21.2. The summed E-state index contributed by atoms with van der Waals surface area (Å²) in [6.45, 7) is -0.0211. The van der Waals surface area contributed by atoms with Gasteiger partial charge in [-0.25, -0.2) is 0 Å². The van der Waals surface area contributed by atoms with Crippen LogP contribution in [0.2, 0.25) is 0 Å². The van der Waals surface area contributed by atoms with E-state index in [4.69, 9.17) is 1.37 Å². The summed E-state index contributed by atoms with van der Waals surface area (Å²) >= 11 is 0. The number of imide groups is 1. The number of nitrogens with one attached hydrogen (secondary N) is 2. The zero-order valence-electron chi connectivity index (χ0n) is 18.9. The molecule has 0 aromatic heterocycles. The minimum absolute atomic E-state index is 0.0211. The summed E-state index contributed by atoms with van der Waals surface area (Å²) in [7, 11) is 1.50. The number of piperidine rings is 1. The fourth-order valence-corrected chi connectivity index (χ4v) is 4.15. The zero-order chi connectivity index (χ0) is 24.7. The molecule has 2 heterocycles. The molecule has 2 aromatic rings. The molecule has 1 unspecified atom stereocenters. The van der Waals surface area contributed by atoms with Crippen LogP contribution >= 0.6 is 0 Å². The first-order chi connectivity index (χ1) is 16.1. The quantitative estimate of drug-likeness (QED) is 0.625. The first-order valence-corrected chi connectivity index (χ1v) is 10.5. The Morgan fingerprint density at radius 3 is 2.73 bits per heavy atom. The van der Waals surface area contributed by atoms with E-state index in [-0.39, 0.29) is 37.1 Å². The van der Waals surface area contributed by atoms with Gasteiger partial charge in [0.25, 0.3) is 5.91 Å². The van der Waals surface area contributed by atoms with Gasteiger partial charge in [0.2, 0.25) is 17.6 Å². The second-order valence-corrected chi connectivity index (χ2v) is 8.00. The monoisotopic (exact) mass is 456 g/mol. The van der Waals surface area contributed by atoms with Crippen molar-refractivity contribution in [3.05, 3.63) is 64.7 Å². The van der Waals surface area contributed by atoms with E-state index in [1.807, 2.05) is 0 Å². The molecule has 2 aliphatic heterocycles. The molecule has 1 saturated heterocycles. The van der Waals surface area contributed by atoms with Gasteiger partial charge in [0, 0.05) is 37.7 Å². The molecule has 2 aliphatic rings. The van der Waals surface area contributed by atoms with Crippen molar-refractivity contribution in [3.63, 3.8) is 0 Å². The number of anilines is 1. The van der Waals surface area contributed by atoms with Crippen molar-refractivity contribution in [1.29, 1.82) is 0 Å². The standard InChI is InChI=1S/C24H23F2N3O4/c1-27-18-5-3-2-4-17(18)24(25,26)20(30)10-7-14-6-8-16-15(12-14)13-29(23(16)33)19-9-11-21(31)28-22(19)32/h2-6,8,12,19,27H,7,9-11,13H2,1H3,(H,28,31,32)/i19D. The van der Waals surface area contributed by atoms with Crippen LogP contribution in [0.3, 0.4) is 0 Å². The van der Waals surface area contributed by atoms with Crippen molar-refractivity contribution in [2.75, 3.05) is 12.4 Å². The minimum Gasteiger partial charge on any atom is -0.388 e. The van der Waals surface area contributed by atoms with Crippen molar-refractivity contribution in [2.24, 2.45) is 0 Å². The van der Waals surface area contributed by atoms with Gasteiger partial charge in [0.05, 0.1) is 6.93 Å². The molecule has 9 heteroatoms. The maximum Gasteiger partial charge on any atom is 0.332 e. The highest BCUT2D eigenvalue weighted by Crippen LogP contribution is 2.36. The molecule has 2 aromatic carbocycles. The third-order valence-corrected chi connectivity index (χ3v) is 5.93. The molecule has 2 N–H and O–H groups in total. The lowest BCUT2D eigenvalue weighted by atomic mass is 9.96. The Morgan fingerprint density at radius 2 is 2.00 bits per heavy atom. The number of rotatable bonds is 7. The largest absolute Gasteiger partial charge is 0.388 e. The van der Waals surface area contributed by atoms with Gasteiger partial charge in [-0.15, -0.1) is 0 Å². The normalized spacial score (nSPS) is 20.9. The summed E-state index contributed by atoms with van der Waals surface area (Å²) < 4.78 is 38.1. The van der Waals surface area contributed by atoms with Crippen LogP contribution in [0, 0.1) is 0 Å². The molecule has 3 amide bonds. The second-order valence-electron chi connectivity index (χ2n) is 8.00. The van der Waals surface area contributed by atoms with Crippen LogP contribution in [0.25, 0.3) is 0 Å². The summed E-state index contributed by atoms with van der Waals surface area (Å²) in [5.41, 5.74) is 1.22. The van der Waals surface area contributed by atoms with Gasteiger partial charge >= 0.3 is 5.92 Å². The van der Waals surface area contributed by atoms with Crippen LogP contribution in [0.5, 0.6) is 0 Å². The zero-order valence-corrected chi connectivity index (χ0v) is 17.9. The van der Waals surface area contributed by atoms with Crippen molar-refractivity contribution < 1.29 is 29.3 Å². The smallest absolute Gasteiger partial charge is 0.332 e. The maximum atomic E-state index is 14.8. The van der Waals surface area contributed by atoms with E-state index in [0.29, 0.717) is 16.7 Å². The number of aryl methyl sites for hydroxylation is 1. The molecule has 33 heavy (non-hydrogen) atoms. The molecular weight excluding hydrogens is 432 g/mol. The van der Waals surface area contributed by atoms with Crippen molar-refractivity contribution >= 4 is 29.2 Å². The van der Waals surface area contributed by atoms with Crippen LogP contribution in [-0.4, -0.2) is 41.5 Å². The lowest BCUT2D eigenvalue weighted by Gasteiger charge is -2.29. The number of amides is 3. The highest BCUT2D eigenvalue weighted by atomic mass is 19.3. The van der Waals surface area contributed by atoms with E-state index in [2.05, 4.69) is 10.6 Å². The van der Waals surface area contributed by atoms with Gasteiger partial charge < -0.3 is 10.2 Å². The average Bonchev–Trinajstić information content (AvgIpc) is 3.16. The van der Waals surface area contributed by atoms with Crippen LogP contribution in [0.1, 0.15) is 47.7 Å². The Hall–Kier alpha value is -3.62. The minimum atomic E-state index is -3.66. The van der Waals surface area contributed by atoms with Crippen LogP contribution in [0.15, 0.2) is 42.5 Å². The molecule has 0 spiro atoms. The molecule has 4 rings (SSSR count). The Bertz CT molecular complexity index is 1200. The van der Waals surface area contributed by atoms with Crippen molar-refractivity contribution in [2.45, 2.75) is 44.2 Å². The third kappa shape index (κ3) is 4.22. The predicted molar refractivity (Wildman–Crippen MR) is 116 cm³/mol. The van der Waals surface area contributed by atoms with Crippen LogP contribution in [0.4, 0.5) is 14.5 Å². The number of fused-ring (bicyclic) bond motifs is 1. The first-order valence-electron chi connectivity index (χ1n) is 11.0. The van der Waals surface area contributed by atoms with Gasteiger partial charge in [-0.05, 0) is 36.1 Å². The highest BCUT2D eigenvalue weighted by Gasteiger charge is 2.42. The molecule has 0 saturated carbocycles. The van der Waals surface area contributed by atoms with E-state index in [1.54, 1.807) is 18.2 Å². The van der Waals surface area contributed by atoms with E-state index >= 15 is 0 Å². The van der Waals surface area contributed by atoms with E-state index in [1.165, 1.54) is 31.3 Å². The lowest BCUT2D eigenvalue weighted by Crippen LogP contribution is -2.52. The number of nitrogens with zero attached hydrogens (tertiary/aromatic N) is 1. The number of alkyl halides is 2. The number of ketones is 1. The molecular formula is C24H23F2N3O4. The summed E-state index contributed by atoms with van der Waals surface area (Å²) in [6.07, 6.45) is -0.525. The molecule has 7 nitrogen and oxygen atoms in total. The molecule has 1 atom stereocenters. The predicted octanol–water partition coefficient (Wildman–Crippen LogP) is 2.78. The molecule has 1 fully saturated rings. The number of halogens is 2. The summed E-state index contributed by atoms with van der Waals surface area (Å²) in [5.74, 6) is -6.72. The SMILES string of the molecule is [2H]C1(N2Cc3cc(CCC(=O)C(F)(F)c4ccccc4NC)ccc3C2=O)CCC(=O)NC1=O. The van der Waals surface area contributed by atoms with Gasteiger partial charge in [-0.3, -0.25) is 24.5 Å². The Kier molecular flexibility index (Phi) is 5.62. The van der Waals surface area contributed by atoms with Crippen molar-refractivity contribution in [3.8, 4) is 0 Å². The van der Waals surface area contributed by atoms with Crippen LogP contribution < -0.4 is 10.6 Å². The van der Waals surface area contributed by atoms with Gasteiger partial charge in [0.15, 0.2) is 0 Å². The molecule has 0 bridgehead atoms. The second kappa shape index (κ2) is 8.73. The summed E-state index contributed by atoms with van der Waals surface area (Å²) in [5, 5.41) is 4.77. The van der Waals surface area contributed by atoms with Gasteiger partial charge in [0.1, 0.15) is 6.02 Å². The highest BCUT2D eigenvalue weighted by molar-refractivity contribution is 6.05.